The average Bonchev–Trinajstić information content (AvgIpc) is 2.42. The van der Waals surface area contributed by atoms with Crippen molar-refractivity contribution in [3.05, 3.63) is 29.8 Å². The lowest BCUT2D eigenvalue weighted by molar-refractivity contribution is -0.145. The van der Waals surface area contributed by atoms with Crippen LogP contribution in [0, 0.1) is 18.3 Å². The molecule has 0 aliphatic heterocycles. The lowest BCUT2D eigenvalue weighted by Gasteiger charge is -2.27. The molecule has 0 radical (unpaired) electrons. The lowest BCUT2D eigenvalue weighted by atomic mass is 9.92. The zero-order valence-electron chi connectivity index (χ0n) is 13.8. The highest BCUT2D eigenvalue weighted by molar-refractivity contribution is 5.87. The highest BCUT2D eigenvalue weighted by Crippen LogP contribution is 2.22. The molecular weight excluding hydrogens is 282 g/mol. The maximum Gasteiger partial charge on any atom is 0.326 e. The molecule has 0 fully saturated rings. The molecule has 0 spiro atoms. The van der Waals surface area contributed by atoms with Crippen LogP contribution in [0.4, 0.5) is 0 Å². The van der Waals surface area contributed by atoms with E-state index >= 15 is 0 Å². The van der Waals surface area contributed by atoms with Crippen molar-refractivity contribution < 1.29 is 19.4 Å². The second kappa shape index (κ2) is 7.29. The van der Waals surface area contributed by atoms with Gasteiger partial charge in [-0.25, -0.2) is 4.79 Å². The second-order valence-electron chi connectivity index (χ2n) is 6.47. The standard InChI is InChI=1S/C17H25NO4/c1-11(2)14(15(19)20)18-16(21)17(4,5)10-22-13-9-7-6-8-12(13)3/h6-9,11,14H,10H2,1-5H3,(H,18,21)(H,19,20). The molecular formula is C17H25NO4. The van der Waals surface area contributed by atoms with E-state index in [1.807, 2.05) is 31.2 Å². The van der Waals surface area contributed by atoms with Gasteiger partial charge in [0, 0.05) is 0 Å². The van der Waals surface area contributed by atoms with Crippen LogP contribution >= 0.6 is 0 Å². The number of carboxylic acids is 1. The molecule has 1 unspecified atom stereocenters. The van der Waals surface area contributed by atoms with Crippen LogP contribution < -0.4 is 10.1 Å². The van der Waals surface area contributed by atoms with E-state index in [9.17, 15) is 9.59 Å². The van der Waals surface area contributed by atoms with Crippen molar-refractivity contribution in [1.82, 2.24) is 5.32 Å². The Kier molecular flexibility index (Phi) is 5.97. The van der Waals surface area contributed by atoms with Crippen LogP contribution in [0.25, 0.3) is 0 Å². The summed E-state index contributed by atoms with van der Waals surface area (Å²) in [5.74, 6) is -0.822. The van der Waals surface area contributed by atoms with E-state index < -0.39 is 17.4 Å². The average molecular weight is 307 g/mol. The third-order valence-electron chi connectivity index (χ3n) is 3.52. The van der Waals surface area contributed by atoms with Crippen LogP contribution in [0.1, 0.15) is 33.3 Å². The number of hydrogen-bond donors (Lipinski definition) is 2. The van der Waals surface area contributed by atoms with Gasteiger partial charge in [-0.15, -0.1) is 0 Å². The predicted octanol–water partition coefficient (Wildman–Crippen LogP) is 2.63. The Morgan fingerprint density at radius 1 is 1.27 bits per heavy atom. The summed E-state index contributed by atoms with van der Waals surface area (Å²) < 4.78 is 5.72. The van der Waals surface area contributed by atoms with E-state index in [1.54, 1.807) is 27.7 Å². The fourth-order valence-corrected chi connectivity index (χ4v) is 1.89. The normalized spacial score (nSPS) is 12.8. The first-order valence-corrected chi connectivity index (χ1v) is 7.37. The number of para-hydroxylation sites is 1. The summed E-state index contributed by atoms with van der Waals surface area (Å²) in [5.41, 5.74) is 0.162. The maximum absolute atomic E-state index is 12.3. The summed E-state index contributed by atoms with van der Waals surface area (Å²) in [7, 11) is 0. The number of carbonyl (C=O) groups excluding carboxylic acids is 1. The van der Waals surface area contributed by atoms with E-state index in [0.717, 1.165) is 11.3 Å². The number of rotatable bonds is 7. The molecule has 0 heterocycles. The lowest BCUT2D eigenvalue weighted by Crippen LogP contribution is -2.50. The molecule has 0 aromatic heterocycles. The molecule has 122 valence electrons. The summed E-state index contributed by atoms with van der Waals surface area (Å²) in [6, 6.07) is 6.67. The molecule has 1 aromatic carbocycles. The largest absolute Gasteiger partial charge is 0.492 e. The molecule has 0 aliphatic rings. The van der Waals surface area contributed by atoms with Crippen LogP contribution in [0.5, 0.6) is 5.75 Å². The first-order chi connectivity index (χ1) is 10.1. The molecule has 1 rings (SSSR count). The van der Waals surface area contributed by atoms with Crippen molar-refractivity contribution in [3.8, 4) is 5.75 Å². The summed E-state index contributed by atoms with van der Waals surface area (Å²) in [6.45, 7) is 9.10. The number of carbonyl (C=O) groups is 2. The molecule has 1 aromatic rings. The van der Waals surface area contributed by atoms with E-state index in [4.69, 9.17) is 9.84 Å². The number of aryl methyl sites for hydroxylation is 1. The fourth-order valence-electron chi connectivity index (χ4n) is 1.89. The molecule has 5 heteroatoms. The van der Waals surface area contributed by atoms with Crippen molar-refractivity contribution >= 4 is 11.9 Å². The molecule has 0 bridgehead atoms. The van der Waals surface area contributed by atoms with Crippen LogP contribution in [0.2, 0.25) is 0 Å². The number of nitrogens with one attached hydrogen (secondary N) is 1. The highest BCUT2D eigenvalue weighted by atomic mass is 16.5. The van der Waals surface area contributed by atoms with Crippen LogP contribution in [0.3, 0.4) is 0 Å². The fraction of sp³-hybridized carbons (Fsp3) is 0.529. The monoisotopic (exact) mass is 307 g/mol. The van der Waals surface area contributed by atoms with Crippen molar-refractivity contribution in [1.29, 1.82) is 0 Å². The van der Waals surface area contributed by atoms with Crippen molar-refractivity contribution in [2.45, 2.75) is 40.7 Å². The minimum atomic E-state index is -1.03. The zero-order valence-corrected chi connectivity index (χ0v) is 13.8. The Morgan fingerprint density at radius 3 is 2.36 bits per heavy atom. The van der Waals surface area contributed by atoms with Crippen molar-refractivity contribution in [2.75, 3.05) is 6.61 Å². The molecule has 22 heavy (non-hydrogen) atoms. The number of ether oxygens (including phenoxy) is 1. The summed E-state index contributed by atoms with van der Waals surface area (Å²) >= 11 is 0. The summed E-state index contributed by atoms with van der Waals surface area (Å²) in [4.78, 5) is 23.5. The van der Waals surface area contributed by atoms with E-state index in [0.29, 0.717) is 0 Å². The van der Waals surface area contributed by atoms with Crippen molar-refractivity contribution in [2.24, 2.45) is 11.3 Å². The van der Waals surface area contributed by atoms with Gasteiger partial charge in [0.2, 0.25) is 5.91 Å². The molecule has 0 aliphatic carbocycles. The van der Waals surface area contributed by atoms with Gasteiger partial charge >= 0.3 is 5.97 Å². The van der Waals surface area contributed by atoms with E-state index in [1.165, 1.54) is 0 Å². The predicted molar refractivity (Wildman–Crippen MR) is 84.9 cm³/mol. The van der Waals surface area contributed by atoms with Crippen molar-refractivity contribution in [3.63, 3.8) is 0 Å². The third kappa shape index (κ3) is 4.76. The Labute approximate surface area is 131 Å². The van der Waals surface area contributed by atoms with E-state index in [-0.39, 0.29) is 18.4 Å². The van der Waals surface area contributed by atoms with Crippen LogP contribution in [-0.4, -0.2) is 29.6 Å². The number of hydrogen-bond acceptors (Lipinski definition) is 3. The van der Waals surface area contributed by atoms with Gasteiger partial charge in [-0.2, -0.15) is 0 Å². The molecule has 1 amide bonds. The Balaban J connectivity index is 2.70. The van der Waals surface area contributed by atoms with Gasteiger partial charge in [-0.1, -0.05) is 32.0 Å². The molecule has 0 saturated heterocycles. The van der Waals surface area contributed by atoms with Gasteiger partial charge in [-0.05, 0) is 38.3 Å². The minimum absolute atomic E-state index is 0.175. The molecule has 1 atom stereocenters. The van der Waals surface area contributed by atoms with Crippen LogP contribution in [0.15, 0.2) is 24.3 Å². The number of aliphatic carboxylic acids is 1. The Morgan fingerprint density at radius 2 is 1.86 bits per heavy atom. The van der Waals surface area contributed by atoms with E-state index in [2.05, 4.69) is 5.32 Å². The van der Waals surface area contributed by atoms with Gasteiger partial charge in [0.1, 0.15) is 18.4 Å². The summed E-state index contributed by atoms with van der Waals surface area (Å²) in [5, 5.41) is 11.7. The Bertz CT molecular complexity index is 537. The number of amides is 1. The van der Waals surface area contributed by atoms with Gasteiger partial charge in [0.05, 0.1) is 5.41 Å². The quantitative estimate of drug-likeness (QED) is 0.812. The number of benzene rings is 1. The maximum atomic E-state index is 12.3. The first kappa shape index (κ1) is 18.0. The highest BCUT2D eigenvalue weighted by Gasteiger charge is 2.33. The third-order valence-corrected chi connectivity index (χ3v) is 3.52. The van der Waals surface area contributed by atoms with Gasteiger partial charge < -0.3 is 15.2 Å². The van der Waals surface area contributed by atoms with Gasteiger partial charge in [-0.3, -0.25) is 4.79 Å². The first-order valence-electron chi connectivity index (χ1n) is 7.37. The number of carboxylic acid groups (broad SMARTS) is 1. The Hall–Kier alpha value is -2.04. The van der Waals surface area contributed by atoms with Gasteiger partial charge in [0.15, 0.2) is 0 Å². The zero-order chi connectivity index (χ0) is 16.9. The van der Waals surface area contributed by atoms with Crippen LogP contribution in [-0.2, 0) is 9.59 Å². The minimum Gasteiger partial charge on any atom is -0.492 e. The topological polar surface area (TPSA) is 75.6 Å². The van der Waals surface area contributed by atoms with Gasteiger partial charge in [0.25, 0.3) is 0 Å². The smallest absolute Gasteiger partial charge is 0.326 e. The summed E-state index contributed by atoms with van der Waals surface area (Å²) in [6.07, 6.45) is 0. The SMILES string of the molecule is Cc1ccccc1OCC(C)(C)C(=O)NC(C(=O)O)C(C)C. The molecule has 5 nitrogen and oxygen atoms in total. The molecule has 0 saturated carbocycles. The molecule has 2 N–H and O–H groups in total. The second-order valence-corrected chi connectivity index (χ2v) is 6.47.